The number of unbranched alkanes of at least 4 members (excludes halogenated alkanes) is 2. The quantitative estimate of drug-likeness (QED) is 0.137. The first-order chi connectivity index (χ1) is 20.3. The first-order valence-electron chi connectivity index (χ1n) is 13.8. The van der Waals surface area contributed by atoms with Crippen LogP contribution in [0.25, 0.3) is 0 Å². The number of nitrogens with one attached hydrogen (secondary N) is 1. The minimum Gasteiger partial charge on any atom is -0.481 e. The highest BCUT2D eigenvalue weighted by Crippen LogP contribution is 2.40. The van der Waals surface area contributed by atoms with Gasteiger partial charge in [-0.1, -0.05) is 42.8 Å². The molecule has 10 nitrogen and oxygen atoms in total. The number of aromatic nitrogens is 1. The Morgan fingerprint density at radius 1 is 0.929 bits per heavy atom. The normalized spacial score (nSPS) is 18.4. The van der Waals surface area contributed by atoms with Crippen LogP contribution < -0.4 is 5.32 Å². The van der Waals surface area contributed by atoms with Crippen molar-refractivity contribution in [1.29, 1.82) is 0 Å². The van der Waals surface area contributed by atoms with Crippen LogP contribution in [0.2, 0.25) is 0 Å². The van der Waals surface area contributed by atoms with Crippen LogP contribution in [0.15, 0.2) is 71.9 Å². The second kappa shape index (κ2) is 15.5. The number of ether oxygens (including phenoxy) is 2. The third-order valence-electron chi connectivity index (χ3n) is 6.76. The van der Waals surface area contributed by atoms with Gasteiger partial charge in [-0.25, -0.2) is 9.78 Å². The van der Waals surface area contributed by atoms with Crippen LogP contribution in [0.5, 0.6) is 0 Å². The van der Waals surface area contributed by atoms with E-state index in [-0.39, 0.29) is 43.1 Å². The van der Waals surface area contributed by atoms with Crippen molar-refractivity contribution in [3.8, 4) is 0 Å². The number of carbonyl (C=O) groups is 3. The maximum atomic E-state index is 12.5. The number of hydrogen-bond donors (Lipinski definition) is 4. The van der Waals surface area contributed by atoms with Gasteiger partial charge in [-0.3, -0.25) is 9.59 Å². The van der Waals surface area contributed by atoms with Gasteiger partial charge in [0.25, 0.3) is 0 Å². The summed E-state index contributed by atoms with van der Waals surface area (Å²) in [5, 5.41) is 31.0. The van der Waals surface area contributed by atoms with E-state index in [0.717, 1.165) is 11.1 Å². The molecular formula is C31H34N2O8S. The molecule has 1 aliphatic rings. The van der Waals surface area contributed by atoms with E-state index in [1.165, 1.54) is 17.8 Å². The molecule has 3 aromatic rings. The van der Waals surface area contributed by atoms with Crippen LogP contribution in [-0.2, 0) is 25.7 Å². The van der Waals surface area contributed by atoms with Gasteiger partial charge in [-0.2, -0.15) is 0 Å². The zero-order valence-electron chi connectivity index (χ0n) is 23.0. The second-order valence-corrected chi connectivity index (χ2v) is 11.0. The Bertz CT molecular complexity index is 1370. The average Bonchev–Trinajstić information content (AvgIpc) is 3.00. The van der Waals surface area contributed by atoms with E-state index in [1.807, 2.05) is 30.3 Å². The van der Waals surface area contributed by atoms with Crippen LogP contribution in [0.4, 0.5) is 5.69 Å². The molecule has 1 saturated heterocycles. The zero-order chi connectivity index (χ0) is 29.9. The summed E-state index contributed by atoms with van der Waals surface area (Å²) >= 11 is 1.31. The minimum absolute atomic E-state index is 0.0619. The summed E-state index contributed by atoms with van der Waals surface area (Å²) in [6.45, 7) is -0.0619. The number of carboxylic acid groups (broad SMARTS) is 2. The number of amides is 1. The molecule has 1 amide bonds. The Balaban J connectivity index is 1.46. The van der Waals surface area contributed by atoms with Crippen molar-refractivity contribution in [2.75, 3.05) is 11.1 Å². The highest BCUT2D eigenvalue weighted by molar-refractivity contribution is 7.99. The van der Waals surface area contributed by atoms with E-state index in [1.54, 1.807) is 30.5 Å². The summed E-state index contributed by atoms with van der Waals surface area (Å²) in [5.74, 6) is -1.60. The number of aliphatic hydroxyl groups is 1. The van der Waals surface area contributed by atoms with Crippen LogP contribution in [-0.4, -0.2) is 50.0 Å². The largest absolute Gasteiger partial charge is 0.481 e. The molecule has 42 heavy (non-hydrogen) atoms. The number of nitrogens with zero attached hydrogens (tertiary/aromatic N) is 1. The number of anilines is 1. The van der Waals surface area contributed by atoms with E-state index >= 15 is 0 Å². The number of carboxylic acids is 2. The highest BCUT2D eigenvalue weighted by atomic mass is 32.2. The number of aliphatic hydroxyl groups excluding tert-OH is 1. The SMILES string of the molecule is O=C(O)CCCCCC(=O)Nc1cccc([C@@H]2O[C@H](CSc3ncccc3C(=O)O)C[C@H](c3ccc(CO)cc3)O2)c1. The van der Waals surface area contributed by atoms with Crippen molar-refractivity contribution in [2.24, 2.45) is 0 Å². The van der Waals surface area contributed by atoms with Crippen LogP contribution >= 0.6 is 11.8 Å². The summed E-state index contributed by atoms with van der Waals surface area (Å²) in [6.07, 6.45) is 2.89. The molecule has 0 unspecified atom stereocenters. The van der Waals surface area contributed by atoms with Crippen molar-refractivity contribution in [3.05, 3.63) is 89.1 Å². The molecule has 4 N–H and O–H groups in total. The molecule has 4 rings (SSSR count). The van der Waals surface area contributed by atoms with Crippen molar-refractivity contribution in [1.82, 2.24) is 4.98 Å². The summed E-state index contributed by atoms with van der Waals surface area (Å²) in [5.41, 5.74) is 3.15. The molecular weight excluding hydrogens is 560 g/mol. The maximum Gasteiger partial charge on any atom is 0.338 e. The zero-order valence-corrected chi connectivity index (χ0v) is 23.8. The highest BCUT2D eigenvalue weighted by Gasteiger charge is 2.32. The summed E-state index contributed by atoms with van der Waals surface area (Å²) < 4.78 is 12.7. The topological polar surface area (TPSA) is 155 Å². The van der Waals surface area contributed by atoms with Gasteiger partial charge in [-0.15, -0.1) is 11.8 Å². The van der Waals surface area contributed by atoms with E-state index in [2.05, 4.69) is 10.3 Å². The molecule has 0 bridgehead atoms. The number of aromatic carboxylic acids is 1. The molecule has 1 aromatic heterocycles. The molecule has 222 valence electrons. The van der Waals surface area contributed by atoms with E-state index in [9.17, 15) is 24.6 Å². The van der Waals surface area contributed by atoms with Crippen LogP contribution in [0.1, 0.15) is 78.0 Å². The van der Waals surface area contributed by atoms with Gasteiger partial charge >= 0.3 is 11.9 Å². The van der Waals surface area contributed by atoms with Gasteiger partial charge in [0.2, 0.25) is 5.91 Å². The van der Waals surface area contributed by atoms with Gasteiger partial charge in [0.05, 0.1) is 24.4 Å². The molecule has 1 fully saturated rings. The van der Waals surface area contributed by atoms with Gasteiger partial charge in [0.1, 0.15) is 5.03 Å². The van der Waals surface area contributed by atoms with E-state index in [0.29, 0.717) is 47.7 Å². The number of benzene rings is 2. The van der Waals surface area contributed by atoms with Gasteiger partial charge in [0, 0.05) is 42.5 Å². The molecule has 2 aromatic carbocycles. The summed E-state index contributed by atoms with van der Waals surface area (Å²) in [6, 6.07) is 17.9. The Hall–Kier alpha value is -3.77. The Morgan fingerprint density at radius 3 is 2.45 bits per heavy atom. The predicted molar refractivity (Wildman–Crippen MR) is 156 cm³/mol. The van der Waals surface area contributed by atoms with Crippen LogP contribution in [0, 0.1) is 0 Å². The number of hydrogen-bond acceptors (Lipinski definition) is 8. The van der Waals surface area contributed by atoms with Crippen molar-refractivity contribution in [2.45, 2.75) is 68.7 Å². The number of aliphatic carboxylic acids is 1. The lowest BCUT2D eigenvalue weighted by atomic mass is 10.0. The number of pyridine rings is 1. The first-order valence-corrected chi connectivity index (χ1v) is 14.7. The molecule has 11 heteroatoms. The van der Waals surface area contributed by atoms with Crippen LogP contribution in [0.3, 0.4) is 0 Å². The standard InChI is InChI=1S/C31H34N2O8S/c34-18-20-11-13-21(14-12-20)26-17-24(19-42-29-25(30(38)39)8-5-15-32-29)40-31(41-26)22-6-4-7-23(16-22)33-27(35)9-2-1-3-10-28(36)37/h4-8,11-16,24,26,31,34H,1-3,9-10,17-19H2,(H,33,35)(H,36,37)(H,38,39)/t24-,26+,31+/m0/s1. The lowest BCUT2D eigenvalue weighted by Crippen LogP contribution is -2.31. The molecule has 0 spiro atoms. The fourth-order valence-electron chi connectivity index (χ4n) is 4.59. The monoisotopic (exact) mass is 594 g/mol. The maximum absolute atomic E-state index is 12.5. The van der Waals surface area contributed by atoms with Crippen molar-refractivity contribution >= 4 is 35.3 Å². The van der Waals surface area contributed by atoms with E-state index in [4.69, 9.17) is 14.6 Å². The third-order valence-corrected chi connectivity index (χ3v) is 7.90. The Labute approximate surface area is 248 Å². The molecule has 0 radical (unpaired) electrons. The predicted octanol–water partition coefficient (Wildman–Crippen LogP) is 5.58. The fourth-order valence-corrected chi connectivity index (χ4v) is 5.59. The van der Waals surface area contributed by atoms with Gasteiger partial charge < -0.3 is 30.1 Å². The Kier molecular flexibility index (Phi) is 11.5. The number of carbonyl (C=O) groups excluding carboxylic acids is 1. The van der Waals surface area contributed by atoms with E-state index < -0.39 is 18.2 Å². The number of thioether (sulfide) groups is 1. The van der Waals surface area contributed by atoms with Gasteiger partial charge in [0.15, 0.2) is 6.29 Å². The summed E-state index contributed by atoms with van der Waals surface area (Å²) in [4.78, 5) is 39.0. The van der Waals surface area contributed by atoms with Crippen molar-refractivity contribution < 1.29 is 39.2 Å². The lowest BCUT2D eigenvalue weighted by molar-refractivity contribution is -0.245. The smallest absolute Gasteiger partial charge is 0.338 e. The average molecular weight is 595 g/mol. The fraction of sp³-hybridized carbons (Fsp3) is 0.355. The van der Waals surface area contributed by atoms with Gasteiger partial charge in [-0.05, 0) is 48.2 Å². The molecule has 1 aliphatic heterocycles. The first kappa shape index (κ1) is 31.2. The molecule has 0 saturated carbocycles. The molecule has 3 atom stereocenters. The third kappa shape index (κ3) is 9.12. The molecule has 0 aliphatic carbocycles. The Morgan fingerprint density at radius 2 is 1.71 bits per heavy atom. The minimum atomic E-state index is -1.04. The second-order valence-electron chi connectivity index (χ2n) is 9.95. The molecule has 2 heterocycles. The number of rotatable bonds is 14. The summed E-state index contributed by atoms with van der Waals surface area (Å²) in [7, 11) is 0. The van der Waals surface area contributed by atoms with Crippen molar-refractivity contribution in [3.63, 3.8) is 0 Å². The lowest BCUT2D eigenvalue weighted by Gasteiger charge is -2.36.